The lowest BCUT2D eigenvalue weighted by atomic mass is 9.52. The Hall–Kier alpha value is -2.22. The summed E-state index contributed by atoms with van der Waals surface area (Å²) >= 11 is 0. The fourth-order valence-corrected chi connectivity index (χ4v) is 3.29. The van der Waals surface area contributed by atoms with E-state index in [9.17, 15) is 0 Å². The van der Waals surface area contributed by atoms with Crippen molar-refractivity contribution >= 4 is 18.0 Å². The Labute approximate surface area is 133 Å². The van der Waals surface area contributed by atoms with Gasteiger partial charge in [-0.15, -0.1) is 0 Å². The van der Waals surface area contributed by atoms with E-state index >= 15 is 0 Å². The van der Waals surface area contributed by atoms with E-state index in [0.717, 1.165) is 0 Å². The molecule has 1 aliphatic rings. The van der Waals surface area contributed by atoms with Gasteiger partial charge in [0.2, 0.25) is 0 Å². The second-order valence-electron chi connectivity index (χ2n) is 6.27. The van der Waals surface area contributed by atoms with Gasteiger partial charge in [0.1, 0.15) is 0 Å². The molecular formula is C20H22BN. The predicted molar refractivity (Wildman–Crippen MR) is 97.5 cm³/mol. The van der Waals surface area contributed by atoms with Crippen molar-refractivity contribution in [1.82, 2.24) is 5.23 Å². The second-order valence-corrected chi connectivity index (χ2v) is 6.27. The van der Waals surface area contributed by atoms with Gasteiger partial charge < -0.3 is 5.23 Å². The van der Waals surface area contributed by atoms with Crippen molar-refractivity contribution in [2.45, 2.75) is 27.7 Å². The number of allylic oxidation sites excluding steroid dienone is 2. The molecule has 0 atom stereocenters. The highest BCUT2D eigenvalue weighted by Gasteiger charge is 2.22. The molecule has 110 valence electrons. The molecular weight excluding hydrogens is 265 g/mol. The molecule has 1 N–H and O–H groups in total. The Balaban J connectivity index is 1.92. The molecule has 0 amide bonds. The van der Waals surface area contributed by atoms with Gasteiger partial charge in [-0.25, -0.2) is 0 Å². The van der Waals surface area contributed by atoms with Crippen LogP contribution in [-0.2, 0) is 0 Å². The molecule has 3 rings (SSSR count). The Morgan fingerprint density at radius 3 is 2.09 bits per heavy atom. The number of aryl methyl sites for hydroxylation is 4. The molecule has 0 saturated carbocycles. The third-order valence-corrected chi connectivity index (χ3v) is 4.29. The van der Waals surface area contributed by atoms with E-state index < -0.39 is 0 Å². The molecule has 1 heterocycles. The average Bonchev–Trinajstić information content (AvgIpc) is 2.47. The van der Waals surface area contributed by atoms with E-state index in [2.05, 4.69) is 87.4 Å². The van der Waals surface area contributed by atoms with Gasteiger partial charge in [-0.05, 0) is 44.8 Å². The monoisotopic (exact) mass is 287 g/mol. The Morgan fingerprint density at radius 2 is 1.45 bits per heavy atom. The van der Waals surface area contributed by atoms with Crippen molar-refractivity contribution in [3.63, 3.8) is 0 Å². The molecule has 22 heavy (non-hydrogen) atoms. The smallest absolute Gasteiger partial charge is 0.313 e. The van der Waals surface area contributed by atoms with Gasteiger partial charge in [0.15, 0.2) is 0 Å². The Kier molecular flexibility index (Phi) is 3.93. The minimum atomic E-state index is 0.238. The lowest BCUT2D eigenvalue weighted by Gasteiger charge is -2.23. The van der Waals surface area contributed by atoms with E-state index in [4.69, 9.17) is 0 Å². The maximum absolute atomic E-state index is 3.68. The Morgan fingerprint density at radius 1 is 0.818 bits per heavy atom. The molecule has 2 aromatic carbocycles. The van der Waals surface area contributed by atoms with Crippen molar-refractivity contribution in [2.24, 2.45) is 0 Å². The summed E-state index contributed by atoms with van der Waals surface area (Å²) in [5.74, 6) is 2.24. The number of nitrogens with one attached hydrogen (secondary N) is 1. The van der Waals surface area contributed by atoms with Gasteiger partial charge in [0, 0.05) is 5.70 Å². The number of hydrogen-bond donors (Lipinski definition) is 1. The van der Waals surface area contributed by atoms with Crippen molar-refractivity contribution in [1.29, 1.82) is 0 Å². The van der Waals surface area contributed by atoms with Crippen LogP contribution in [0.2, 0.25) is 0 Å². The van der Waals surface area contributed by atoms with Crippen LogP contribution in [0.25, 0.3) is 5.70 Å². The number of rotatable bonds is 2. The molecule has 0 unspecified atom stereocenters. The molecule has 0 bridgehead atoms. The van der Waals surface area contributed by atoms with Crippen LogP contribution in [0.1, 0.15) is 27.8 Å². The van der Waals surface area contributed by atoms with Gasteiger partial charge in [0.25, 0.3) is 0 Å². The first-order chi connectivity index (χ1) is 10.5. The zero-order chi connectivity index (χ0) is 15.7. The van der Waals surface area contributed by atoms with Gasteiger partial charge in [-0.3, -0.25) is 0 Å². The standard InChI is InChI=1S/C20H22BN/c1-14-7-9-18(10-8-14)19-6-5-11-21(22-19)20-16(3)12-15(2)13-17(20)4/h5-13,22H,1-4H3. The Bertz CT molecular complexity index is 731. The largest absolute Gasteiger partial charge is 0.420 e. The van der Waals surface area contributed by atoms with E-state index in [0.29, 0.717) is 0 Å². The minimum Gasteiger partial charge on any atom is -0.420 e. The van der Waals surface area contributed by atoms with E-state index in [1.165, 1.54) is 39.0 Å². The van der Waals surface area contributed by atoms with Crippen LogP contribution in [0.3, 0.4) is 0 Å². The normalized spacial score (nSPS) is 13.8. The van der Waals surface area contributed by atoms with Crippen molar-refractivity contribution < 1.29 is 0 Å². The number of hydrogen-bond acceptors (Lipinski definition) is 1. The molecule has 0 spiro atoms. The van der Waals surface area contributed by atoms with Crippen LogP contribution in [0, 0.1) is 27.7 Å². The van der Waals surface area contributed by atoms with E-state index in [1.54, 1.807) is 0 Å². The summed E-state index contributed by atoms with van der Waals surface area (Å²) in [6, 6.07) is 13.2. The summed E-state index contributed by atoms with van der Waals surface area (Å²) < 4.78 is 0. The summed E-state index contributed by atoms with van der Waals surface area (Å²) in [5, 5.41) is 3.68. The first-order valence-corrected chi connectivity index (χ1v) is 7.84. The minimum absolute atomic E-state index is 0.238. The van der Waals surface area contributed by atoms with Crippen molar-refractivity contribution in [3.8, 4) is 0 Å². The fourth-order valence-electron chi connectivity index (χ4n) is 3.29. The summed E-state index contributed by atoms with van der Waals surface area (Å²) in [4.78, 5) is 0. The molecule has 0 aromatic heterocycles. The zero-order valence-electron chi connectivity index (χ0n) is 13.8. The van der Waals surface area contributed by atoms with Gasteiger partial charge in [0.05, 0.1) is 0 Å². The highest BCUT2D eigenvalue weighted by Crippen LogP contribution is 2.17. The topological polar surface area (TPSA) is 12.0 Å². The third kappa shape index (κ3) is 2.87. The maximum atomic E-state index is 3.68. The molecule has 1 nitrogen and oxygen atoms in total. The van der Waals surface area contributed by atoms with Crippen LogP contribution in [0.5, 0.6) is 0 Å². The van der Waals surface area contributed by atoms with Gasteiger partial charge in [-0.1, -0.05) is 70.7 Å². The van der Waals surface area contributed by atoms with Crippen LogP contribution in [0.4, 0.5) is 0 Å². The molecule has 0 fully saturated rings. The van der Waals surface area contributed by atoms with Gasteiger partial charge >= 0.3 is 6.85 Å². The summed E-state index contributed by atoms with van der Waals surface area (Å²) in [6.07, 6.45) is 4.31. The van der Waals surface area contributed by atoms with Crippen molar-refractivity contribution in [3.05, 3.63) is 82.3 Å². The zero-order valence-corrected chi connectivity index (χ0v) is 13.8. The summed E-state index contributed by atoms with van der Waals surface area (Å²) in [7, 11) is 0. The second kappa shape index (κ2) is 5.88. The highest BCUT2D eigenvalue weighted by molar-refractivity contribution is 6.77. The fraction of sp³-hybridized carbons (Fsp3) is 0.200. The van der Waals surface area contributed by atoms with Gasteiger partial charge in [-0.2, -0.15) is 0 Å². The number of benzene rings is 2. The van der Waals surface area contributed by atoms with Crippen LogP contribution < -0.4 is 10.7 Å². The first-order valence-electron chi connectivity index (χ1n) is 7.84. The first kappa shape index (κ1) is 14.7. The van der Waals surface area contributed by atoms with Crippen molar-refractivity contribution in [2.75, 3.05) is 0 Å². The highest BCUT2D eigenvalue weighted by atomic mass is 14.8. The lowest BCUT2D eigenvalue weighted by Crippen LogP contribution is -2.46. The SMILES string of the molecule is Cc1ccc(C2=CC=CB(c3c(C)cc(C)cc3C)N2)cc1. The molecule has 2 heteroatoms. The van der Waals surface area contributed by atoms with Crippen LogP contribution in [0.15, 0.2) is 54.5 Å². The molecule has 0 aliphatic carbocycles. The third-order valence-electron chi connectivity index (χ3n) is 4.29. The van der Waals surface area contributed by atoms with Crippen LogP contribution >= 0.6 is 0 Å². The summed E-state index contributed by atoms with van der Waals surface area (Å²) in [5.41, 5.74) is 9.13. The summed E-state index contributed by atoms with van der Waals surface area (Å²) in [6.45, 7) is 8.92. The maximum Gasteiger partial charge on any atom is 0.313 e. The van der Waals surface area contributed by atoms with E-state index in [1.807, 2.05) is 0 Å². The molecule has 0 radical (unpaired) electrons. The average molecular weight is 287 g/mol. The lowest BCUT2D eigenvalue weighted by molar-refractivity contribution is 1.29. The molecule has 2 aromatic rings. The molecule has 1 aliphatic heterocycles. The molecule has 0 saturated heterocycles. The van der Waals surface area contributed by atoms with E-state index in [-0.39, 0.29) is 6.85 Å². The predicted octanol–water partition coefficient (Wildman–Crippen LogP) is 3.86. The quantitative estimate of drug-likeness (QED) is 0.827. The van der Waals surface area contributed by atoms with Crippen LogP contribution in [-0.4, -0.2) is 6.85 Å².